The molecule has 4 heterocycles. The van der Waals surface area contributed by atoms with Gasteiger partial charge in [0.2, 0.25) is 20.0 Å². The van der Waals surface area contributed by atoms with E-state index in [4.69, 9.17) is 14.9 Å². The van der Waals surface area contributed by atoms with Gasteiger partial charge >= 0.3 is 0 Å². The molecule has 2 aliphatic rings. The third-order valence-electron chi connectivity index (χ3n) is 7.54. The van der Waals surface area contributed by atoms with E-state index in [1.165, 1.54) is 16.4 Å². The van der Waals surface area contributed by atoms with Crippen LogP contribution in [0.1, 0.15) is 22.6 Å². The van der Waals surface area contributed by atoms with Crippen LogP contribution in [0, 0.1) is 13.8 Å². The van der Waals surface area contributed by atoms with Crippen LogP contribution in [-0.2, 0) is 31.2 Å². The smallest absolute Gasteiger partial charge is 0.243 e. The van der Waals surface area contributed by atoms with Crippen LogP contribution in [0.15, 0.2) is 80.1 Å². The highest BCUT2D eigenvalue weighted by atomic mass is 79.9. The van der Waals surface area contributed by atoms with Gasteiger partial charge in [-0.05, 0) is 78.3 Å². The molecule has 43 heavy (non-hydrogen) atoms. The normalized spacial score (nSPS) is 15.8. The molecule has 0 saturated carbocycles. The number of rotatable bonds is 7. The van der Waals surface area contributed by atoms with Crippen molar-refractivity contribution in [1.82, 2.24) is 13.9 Å². The fourth-order valence-electron chi connectivity index (χ4n) is 5.43. The van der Waals surface area contributed by atoms with E-state index >= 15 is 0 Å². The lowest BCUT2D eigenvalue weighted by Crippen LogP contribution is -2.40. The number of nitrogens with two attached hydrogens (primary N) is 1. The Morgan fingerprint density at radius 2 is 1.70 bits per heavy atom. The number of sulfonamides is 2. The van der Waals surface area contributed by atoms with Gasteiger partial charge in [-0.3, -0.25) is 4.98 Å². The molecule has 1 saturated heterocycles. The number of fused-ring (bicyclic) bond motifs is 1. The molecule has 2 aliphatic heterocycles. The van der Waals surface area contributed by atoms with Crippen LogP contribution in [0.2, 0.25) is 0 Å². The van der Waals surface area contributed by atoms with Crippen LogP contribution in [0.5, 0.6) is 0 Å². The van der Waals surface area contributed by atoms with E-state index in [2.05, 4.69) is 36.9 Å². The minimum absolute atomic E-state index is 0.00248. The summed E-state index contributed by atoms with van der Waals surface area (Å²) in [7, 11) is -7.45. The summed E-state index contributed by atoms with van der Waals surface area (Å²) in [6.07, 6.45) is 2.20. The van der Waals surface area contributed by atoms with Crippen molar-refractivity contribution in [2.75, 3.05) is 31.6 Å². The summed E-state index contributed by atoms with van der Waals surface area (Å²) in [6, 6.07) is 15.3. The predicted octanol–water partition coefficient (Wildman–Crippen LogP) is 4.34. The lowest BCUT2D eigenvalue weighted by Gasteiger charge is -2.26. The van der Waals surface area contributed by atoms with E-state index in [1.54, 1.807) is 30.5 Å². The molecular formula is C29H29BrN6O5S2. The summed E-state index contributed by atoms with van der Waals surface area (Å²) in [6.45, 7) is 5.49. The Morgan fingerprint density at radius 1 is 0.977 bits per heavy atom. The number of benzene rings is 2. The lowest BCUT2D eigenvalue weighted by atomic mass is 10.1. The number of halogens is 1. The second-order valence-corrected chi connectivity index (χ2v) is 14.7. The molecule has 2 aromatic carbocycles. The monoisotopic (exact) mass is 684 g/mol. The van der Waals surface area contributed by atoms with Crippen LogP contribution in [-0.4, -0.2) is 62.7 Å². The van der Waals surface area contributed by atoms with Crippen molar-refractivity contribution in [2.24, 2.45) is 10.1 Å². The first kappa shape index (κ1) is 29.7. The van der Waals surface area contributed by atoms with Crippen molar-refractivity contribution < 1.29 is 21.6 Å². The van der Waals surface area contributed by atoms with Gasteiger partial charge in [0.25, 0.3) is 0 Å². The first-order valence-electron chi connectivity index (χ1n) is 13.5. The Hall–Kier alpha value is -3.40. The molecule has 11 nitrogen and oxygen atoms in total. The van der Waals surface area contributed by atoms with Gasteiger partial charge in [0.05, 0.1) is 44.6 Å². The number of hydrogen-bond acceptors (Lipinski definition) is 8. The third-order valence-corrected chi connectivity index (χ3v) is 11.0. The quantitative estimate of drug-likeness (QED) is 0.294. The predicted molar refractivity (Wildman–Crippen MR) is 168 cm³/mol. The number of hydrogen-bond donors (Lipinski definition) is 2. The van der Waals surface area contributed by atoms with Crippen molar-refractivity contribution in [3.63, 3.8) is 0 Å². The number of aromatic nitrogens is 2. The topological polar surface area (TPSA) is 149 Å². The summed E-state index contributed by atoms with van der Waals surface area (Å²) in [5.74, 6) is 0. The lowest BCUT2D eigenvalue weighted by molar-refractivity contribution is 0.0730. The van der Waals surface area contributed by atoms with E-state index in [9.17, 15) is 16.8 Å². The molecule has 0 spiro atoms. The maximum absolute atomic E-state index is 13.1. The molecule has 14 heteroatoms. The van der Waals surface area contributed by atoms with Gasteiger partial charge in [-0.25, -0.2) is 27.0 Å². The standard InChI is InChI=1S/C29H29BrN6O5S2/c1-18-14-24(19(2)36(18)21-6-8-22(9-7-21)43(39,40)35-10-12-41-13-11-35)26-16-27-29(34-26)28(25(30)17-32-27)33-20-4-3-5-23(15-20)42(31,37)38/h3-9,14-15,17H,10-13,16H2,1-2H3,(H,32,33)(H2,31,37,38). The number of primary sulfonamides is 1. The number of nitrogens with zero attached hydrogens (tertiary/aromatic N) is 4. The molecule has 224 valence electrons. The minimum Gasteiger partial charge on any atom is -0.379 e. The molecule has 0 unspecified atom stereocenters. The minimum atomic E-state index is -3.86. The van der Waals surface area contributed by atoms with E-state index < -0.39 is 20.0 Å². The molecule has 6 rings (SSSR count). The summed E-state index contributed by atoms with van der Waals surface area (Å²) in [4.78, 5) is 9.81. The van der Waals surface area contributed by atoms with Gasteiger partial charge < -0.3 is 14.6 Å². The van der Waals surface area contributed by atoms with Crippen molar-refractivity contribution in [1.29, 1.82) is 0 Å². The molecule has 4 aromatic rings. The summed E-state index contributed by atoms with van der Waals surface area (Å²) < 4.78 is 59.4. The maximum Gasteiger partial charge on any atom is 0.243 e. The second kappa shape index (κ2) is 11.3. The number of nitrogens with one attached hydrogen (secondary N) is 1. The Kier molecular flexibility index (Phi) is 7.77. The largest absolute Gasteiger partial charge is 0.379 e. The molecule has 0 amide bonds. The SMILES string of the molecule is Cc1cc(C2=Nc3c(ncc(Br)c3Nc3cccc(S(N)(=O)=O)c3)C2)c(C)n1-c1ccc(S(=O)(=O)N2CCOCC2)cc1. The summed E-state index contributed by atoms with van der Waals surface area (Å²) in [5, 5.41) is 8.59. The Morgan fingerprint density at radius 3 is 2.40 bits per heavy atom. The molecule has 0 aliphatic carbocycles. The zero-order valence-corrected chi connectivity index (χ0v) is 26.6. The number of ether oxygens (including phenoxy) is 1. The fourth-order valence-corrected chi connectivity index (χ4v) is 7.78. The Labute approximate surface area is 258 Å². The van der Waals surface area contributed by atoms with E-state index in [0.29, 0.717) is 54.3 Å². The van der Waals surface area contributed by atoms with E-state index in [0.717, 1.165) is 34.0 Å². The second-order valence-electron chi connectivity index (χ2n) is 10.3. The number of morpholine rings is 1. The van der Waals surface area contributed by atoms with Crippen LogP contribution < -0.4 is 10.5 Å². The van der Waals surface area contributed by atoms with Gasteiger partial charge in [-0.1, -0.05) is 6.07 Å². The number of anilines is 2. The fraction of sp³-hybridized carbons (Fsp3) is 0.241. The van der Waals surface area contributed by atoms with Crippen LogP contribution in [0.3, 0.4) is 0 Å². The molecule has 2 aromatic heterocycles. The van der Waals surface area contributed by atoms with Gasteiger partial charge in [0.15, 0.2) is 0 Å². The first-order valence-corrected chi connectivity index (χ1v) is 17.2. The highest BCUT2D eigenvalue weighted by Gasteiger charge is 2.28. The molecule has 3 N–H and O–H groups in total. The molecular weight excluding hydrogens is 656 g/mol. The van der Waals surface area contributed by atoms with Crippen molar-refractivity contribution in [3.8, 4) is 5.69 Å². The van der Waals surface area contributed by atoms with Gasteiger partial charge in [0.1, 0.15) is 5.69 Å². The third kappa shape index (κ3) is 5.66. The average Bonchev–Trinajstić information content (AvgIpc) is 3.55. The molecule has 1 fully saturated rings. The summed E-state index contributed by atoms with van der Waals surface area (Å²) >= 11 is 3.55. The highest BCUT2D eigenvalue weighted by Crippen LogP contribution is 2.41. The maximum atomic E-state index is 13.1. The van der Waals surface area contributed by atoms with E-state index in [1.807, 2.05) is 26.0 Å². The average molecular weight is 686 g/mol. The zero-order valence-electron chi connectivity index (χ0n) is 23.4. The van der Waals surface area contributed by atoms with Crippen LogP contribution in [0.25, 0.3) is 5.69 Å². The van der Waals surface area contributed by atoms with Crippen molar-refractivity contribution in [2.45, 2.75) is 30.1 Å². The first-order chi connectivity index (χ1) is 20.4. The number of aliphatic imine (C=N–C) groups is 1. The van der Waals surface area contributed by atoms with Crippen LogP contribution >= 0.6 is 15.9 Å². The van der Waals surface area contributed by atoms with Crippen molar-refractivity contribution in [3.05, 3.63) is 87.9 Å². The zero-order chi connectivity index (χ0) is 30.5. The molecule has 0 bridgehead atoms. The molecule has 0 atom stereocenters. The van der Waals surface area contributed by atoms with E-state index in [-0.39, 0.29) is 9.79 Å². The van der Waals surface area contributed by atoms with Crippen molar-refractivity contribution >= 4 is 58.8 Å². The van der Waals surface area contributed by atoms with Crippen LogP contribution in [0.4, 0.5) is 17.1 Å². The Balaban J connectivity index is 1.31. The van der Waals surface area contributed by atoms with Gasteiger partial charge in [0, 0.05) is 54.0 Å². The number of aryl methyl sites for hydroxylation is 1. The van der Waals surface area contributed by atoms with Gasteiger partial charge in [-0.15, -0.1) is 0 Å². The Bertz CT molecular complexity index is 1980. The summed E-state index contributed by atoms with van der Waals surface area (Å²) in [5.41, 5.74) is 7.23. The molecule has 0 radical (unpaired) electrons. The number of pyridine rings is 1. The van der Waals surface area contributed by atoms with Gasteiger partial charge in [-0.2, -0.15) is 4.31 Å². The highest BCUT2D eigenvalue weighted by molar-refractivity contribution is 9.10.